The van der Waals surface area contributed by atoms with Gasteiger partial charge in [0, 0.05) is 16.8 Å². The van der Waals surface area contributed by atoms with Crippen molar-refractivity contribution >= 4 is 5.82 Å². The van der Waals surface area contributed by atoms with Gasteiger partial charge in [-0.1, -0.05) is 42.5 Å². The summed E-state index contributed by atoms with van der Waals surface area (Å²) in [7, 11) is 0. The number of rotatable bonds is 2. The zero-order chi connectivity index (χ0) is 18.9. The fourth-order valence-corrected chi connectivity index (χ4v) is 2.91. The first-order valence-corrected chi connectivity index (χ1v) is 7.76. The molecule has 1 heterocycles. The highest BCUT2D eigenvalue weighted by Gasteiger charge is 2.30. The lowest BCUT2D eigenvalue weighted by atomic mass is 9.90. The Morgan fingerprint density at radius 1 is 0.923 bits per heavy atom. The summed E-state index contributed by atoms with van der Waals surface area (Å²) < 4.78 is 38.6. The molecular weight excluding hydrogens is 339 g/mol. The number of hydrogen-bond donors (Lipinski definition) is 1. The van der Waals surface area contributed by atoms with Crippen LogP contribution in [0.15, 0.2) is 54.6 Å². The summed E-state index contributed by atoms with van der Waals surface area (Å²) in [5.74, 6) is 0.0552. The zero-order valence-electron chi connectivity index (χ0n) is 13.8. The average molecular weight is 353 g/mol. The molecule has 0 bridgehead atoms. The Bertz CT molecular complexity index is 986. The molecule has 0 amide bonds. The lowest BCUT2D eigenvalue weighted by Gasteiger charge is -2.17. The molecule has 0 saturated carbocycles. The minimum absolute atomic E-state index is 0.0552. The van der Waals surface area contributed by atoms with Gasteiger partial charge in [0.2, 0.25) is 0 Å². The third-order valence-corrected chi connectivity index (χ3v) is 4.08. The molecule has 3 nitrogen and oxygen atoms in total. The van der Waals surface area contributed by atoms with Crippen LogP contribution in [0.4, 0.5) is 19.0 Å². The van der Waals surface area contributed by atoms with Crippen LogP contribution in [0.2, 0.25) is 0 Å². The number of benzene rings is 2. The largest absolute Gasteiger partial charge is 0.416 e. The smallest absolute Gasteiger partial charge is 0.383 e. The standard InChI is InChI=1S/C20H14F3N3/c1-12-17(13-5-3-2-4-6-13)18(16(11-24)19(25)26-12)14-7-9-15(10-8-14)20(21,22)23/h2-10H,1H3,(H2,25,26). The van der Waals surface area contributed by atoms with Gasteiger partial charge < -0.3 is 5.73 Å². The Morgan fingerprint density at radius 2 is 1.50 bits per heavy atom. The van der Waals surface area contributed by atoms with Crippen molar-refractivity contribution in [2.45, 2.75) is 13.1 Å². The van der Waals surface area contributed by atoms with Crippen LogP contribution in [-0.2, 0) is 6.18 Å². The van der Waals surface area contributed by atoms with Crippen LogP contribution in [0.3, 0.4) is 0 Å². The second-order valence-electron chi connectivity index (χ2n) is 5.76. The number of hydrogen-bond acceptors (Lipinski definition) is 3. The molecule has 2 aromatic carbocycles. The van der Waals surface area contributed by atoms with Crippen molar-refractivity contribution in [2.24, 2.45) is 0 Å². The van der Waals surface area contributed by atoms with Crippen molar-refractivity contribution in [3.05, 3.63) is 71.4 Å². The number of halogens is 3. The van der Waals surface area contributed by atoms with Crippen LogP contribution in [0, 0.1) is 18.3 Å². The van der Waals surface area contributed by atoms with Gasteiger partial charge >= 0.3 is 6.18 Å². The topological polar surface area (TPSA) is 62.7 Å². The van der Waals surface area contributed by atoms with Gasteiger partial charge in [0.15, 0.2) is 0 Å². The van der Waals surface area contributed by atoms with Crippen LogP contribution >= 0.6 is 0 Å². The molecule has 0 spiro atoms. The van der Waals surface area contributed by atoms with Gasteiger partial charge in [-0.05, 0) is 30.2 Å². The molecule has 0 aliphatic heterocycles. The van der Waals surface area contributed by atoms with Crippen molar-refractivity contribution in [3.8, 4) is 28.3 Å². The first-order chi connectivity index (χ1) is 12.3. The van der Waals surface area contributed by atoms with E-state index in [4.69, 9.17) is 5.73 Å². The van der Waals surface area contributed by atoms with E-state index in [-0.39, 0.29) is 11.4 Å². The minimum Gasteiger partial charge on any atom is -0.383 e. The van der Waals surface area contributed by atoms with Gasteiger partial charge in [-0.2, -0.15) is 18.4 Å². The molecule has 3 aromatic rings. The highest BCUT2D eigenvalue weighted by atomic mass is 19.4. The molecule has 0 unspecified atom stereocenters. The summed E-state index contributed by atoms with van der Waals surface area (Å²) in [6, 6.07) is 16.0. The van der Waals surface area contributed by atoms with E-state index in [0.717, 1.165) is 17.7 Å². The highest BCUT2D eigenvalue weighted by Crippen LogP contribution is 2.39. The van der Waals surface area contributed by atoms with Crippen LogP contribution in [0.25, 0.3) is 22.3 Å². The molecule has 130 valence electrons. The molecule has 0 fully saturated rings. The summed E-state index contributed by atoms with van der Waals surface area (Å²) in [6.07, 6.45) is -4.42. The predicted molar refractivity (Wildman–Crippen MR) is 94.0 cm³/mol. The first-order valence-electron chi connectivity index (χ1n) is 7.76. The van der Waals surface area contributed by atoms with Crippen molar-refractivity contribution in [1.29, 1.82) is 5.26 Å². The maximum absolute atomic E-state index is 12.9. The van der Waals surface area contributed by atoms with Gasteiger partial charge in [-0.15, -0.1) is 0 Å². The summed E-state index contributed by atoms with van der Waals surface area (Å²) >= 11 is 0. The Kier molecular flexibility index (Phi) is 4.39. The summed E-state index contributed by atoms with van der Waals surface area (Å²) in [4.78, 5) is 4.24. The Labute approximate surface area is 148 Å². The number of aryl methyl sites for hydroxylation is 1. The highest BCUT2D eigenvalue weighted by molar-refractivity contribution is 5.91. The van der Waals surface area contributed by atoms with E-state index in [0.29, 0.717) is 22.4 Å². The number of nitrogens with zero attached hydrogens (tertiary/aromatic N) is 2. The Hall–Kier alpha value is -3.33. The van der Waals surface area contributed by atoms with Gasteiger partial charge in [-0.25, -0.2) is 4.98 Å². The number of alkyl halides is 3. The number of anilines is 1. The molecular formula is C20H14F3N3. The third kappa shape index (κ3) is 3.11. The molecule has 0 aliphatic rings. The predicted octanol–water partition coefficient (Wildman–Crippen LogP) is 5.20. The van der Waals surface area contributed by atoms with Gasteiger partial charge in [0.05, 0.1) is 5.56 Å². The first kappa shape index (κ1) is 17.5. The van der Waals surface area contributed by atoms with E-state index in [2.05, 4.69) is 4.98 Å². The molecule has 2 N–H and O–H groups in total. The average Bonchev–Trinajstić information content (AvgIpc) is 2.61. The number of pyridine rings is 1. The third-order valence-electron chi connectivity index (χ3n) is 4.08. The van der Waals surface area contributed by atoms with Crippen molar-refractivity contribution in [1.82, 2.24) is 4.98 Å². The van der Waals surface area contributed by atoms with Crippen molar-refractivity contribution in [2.75, 3.05) is 5.73 Å². The summed E-state index contributed by atoms with van der Waals surface area (Å²) in [5, 5.41) is 9.56. The second-order valence-corrected chi connectivity index (χ2v) is 5.76. The number of nitrogens with two attached hydrogens (primary N) is 1. The molecule has 0 aliphatic carbocycles. The SMILES string of the molecule is Cc1nc(N)c(C#N)c(-c2ccc(C(F)(F)F)cc2)c1-c1ccccc1. The van der Waals surface area contributed by atoms with Crippen molar-refractivity contribution in [3.63, 3.8) is 0 Å². The Balaban J connectivity index is 2.31. The molecule has 0 atom stereocenters. The maximum Gasteiger partial charge on any atom is 0.416 e. The van der Waals surface area contributed by atoms with Crippen LogP contribution in [0.5, 0.6) is 0 Å². The molecule has 0 saturated heterocycles. The lowest BCUT2D eigenvalue weighted by molar-refractivity contribution is -0.137. The van der Waals surface area contributed by atoms with E-state index in [1.54, 1.807) is 6.92 Å². The lowest BCUT2D eigenvalue weighted by Crippen LogP contribution is -2.05. The maximum atomic E-state index is 12.9. The quantitative estimate of drug-likeness (QED) is 0.689. The van der Waals surface area contributed by atoms with E-state index >= 15 is 0 Å². The number of nitrogen functional groups attached to an aromatic ring is 1. The second kappa shape index (κ2) is 6.52. The van der Waals surface area contributed by atoms with Crippen LogP contribution < -0.4 is 5.73 Å². The molecule has 1 aromatic heterocycles. The van der Waals surface area contributed by atoms with E-state index in [1.807, 2.05) is 36.4 Å². The van der Waals surface area contributed by atoms with E-state index in [1.165, 1.54) is 12.1 Å². The Morgan fingerprint density at radius 3 is 2.04 bits per heavy atom. The molecule has 0 radical (unpaired) electrons. The van der Waals surface area contributed by atoms with Gasteiger partial charge in [-0.3, -0.25) is 0 Å². The summed E-state index contributed by atoms with van der Waals surface area (Å²) in [6.45, 7) is 1.76. The van der Waals surface area contributed by atoms with Crippen molar-refractivity contribution < 1.29 is 13.2 Å². The van der Waals surface area contributed by atoms with Crippen LogP contribution in [-0.4, -0.2) is 4.98 Å². The minimum atomic E-state index is -4.42. The fraction of sp³-hybridized carbons (Fsp3) is 0.100. The number of nitriles is 1. The van der Waals surface area contributed by atoms with Crippen LogP contribution in [0.1, 0.15) is 16.8 Å². The van der Waals surface area contributed by atoms with Gasteiger partial charge in [0.1, 0.15) is 17.5 Å². The normalized spacial score (nSPS) is 11.2. The summed E-state index contributed by atoms with van der Waals surface area (Å²) in [5.41, 5.74) is 8.35. The molecule has 3 rings (SSSR count). The zero-order valence-corrected chi connectivity index (χ0v) is 13.8. The van der Waals surface area contributed by atoms with E-state index in [9.17, 15) is 18.4 Å². The molecule has 6 heteroatoms. The fourth-order valence-electron chi connectivity index (χ4n) is 2.91. The van der Waals surface area contributed by atoms with E-state index < -0.39 is 11.7 Å². The monoisotopic (exact) mass is 353 g/mol. The molecule has 26 heavy (non-hydrogen) atoms. The van der Waals surface area contributed by atoms with Gasteiger partial charge in [0.25, 0.3) is 0 Å². The number of aromatic nitrogens is 1.